The van der Waals surface area contributed by atoms with E-state index in [0.717, 1.165) is 16.8 Å². The summed E-state index contributed by atoms with van der Waals surface area (Å²) >= 11 is 0. The fourth-order valence-electron chi connectivity index (χ4n) is 4.26. The third-order valence-electron chi connectivity index (χ3n) is 6.33. The molecule has 0 radical (unpaired) electrons. The lowest BCUT2D eigenvalue weighted by Crippen LogP contribution is -2.26. The van der Waals surface area contributed by atoms with E-state index < -0.39 is 0 Å². The zero-order valence-corrected chi connectivity index (χ0v) is 20.5. The number of amides is 1. The Morgan fingerprint density at radius 3 is 2.44 bits per heavy atom. The van der Waals surface area contributed by atoms with Crippen LogP contribution in [0.5, 0.6) is 11.5 Å². The van der Waals surface area contributed by atoms with Crippen molar-refractivity contribution in [3.63, 3.8) is 0 Å². The number of ether oxygens (including phenoxy) is 2. The molecular formula is C28H26N4O4. The molecule has 1 amide bonds. The highest BCUT2D eigenvalue weighted by Gasteiger charge is 2.17. The summed E-state index contributed by atoms with van der Waals surface area (Å²) in [5.41, 5.74) is 4.30. The Hall–Kier alpha value is -4.59. The van der Waals surface area contributed by atoms with Crippen LogP contribution in [0.2, 0.25) is 0 Å². The average Bonchev–Trinajstić information content (AvgIpc) is 3.24. The van der Waals surface area contributed by atoms with Crippen LogP contribution < -0.4 is 20.3 Å². The highest BCUT2D eigenvalue weighted by Crippen LogP contribution is 2.30. The van der Waals surface area contributed by atoms with Crippen LogP contribution in [0.15, 0.2) is 71.7 Å². The molecule has 0 unspecified atom stereocenters. The number of hydrogen-bond donors (Lipinski definition) is 2. The van der Waals surface area contributed by atoms with Crippen molar-refractivity contribution in [1.82, 2.24) is 20.1 Å². The molecule has 0 aliphatic rings. The van der Waals surface area contributed by atoms with E-state index in [0.29, 0.717) is 38.9 Å². The summed E-state index contributed by atoms with van der Waals surface area (Å²) in [5, 5.41) is 7.39. The number of fused-ring (bicyclic) bond motifs is 3. The van der Waals surface area contributed by atoms with Crippen LogP contribution in [0.1, 0.15) is 34.5 Å². The number of pyridine rings is 1. The van der Waals surface area contributed by atoms with Gasteiger partial charge in [-0.3, -0.25) is 19.7 Å². The molecular weight excluding hydrogens is 456 g/mol. The van der Waals surface area contributed by atoms with Gasteiger partial charge in [0.15, 0.2) is 11.5 Å². The molecule has 0 saturated heterocycles. The summed E-state index contributed by atoms with van der Waals surface area (Å²) in [5.74, 6) is 0.978. The molecule has 0 saturated carbocycles. The van der Waals surface area contributed by atoms with Gasteiger partial charge in [0, 0.05) is 17.1 Å². The minimum Gasteiger partial charge on any atom is -0.493 e. The highest BCUT2D eigenvalue weighted by atomic mass is 16.5. The largest absolute Gasteiger partial charge is 0.493 e. The van der Waals surface area contributed by atoms with Crippen molar-refractivity contribution in [2.24, 2.45) is 0 Å². The van der Waals surface area contributed by atoms with Gasteiger partial charge in [-0.15, -0.1) is 0 Å². The minimum atomic E-state index is -0.274. The van der Waals surface area contributed by atoms with Crippen LogP contribution in [0.25, 0.3) is 27.5 Å². The number of aryl methyl sites for hydroxylation is 1. The van der Waals surface area contributed by atoms with E-state index in [1.165, 1.54) is 4.68 Å². The third-order valence-corrected chi connectivity index (χ3v) is 6.33. The molecule has 5 aromatic rings. The zero-order valence-electron chi connectivity index (χ0n) is 20.5. The van der Waals surface area contributed by atoms with Crippen LogP contribution in [-0.4, -0.2) is 34.9 Å². The summed E-state index contributed by atoms with van der Waals surface area (Å²) in [6.45, 7) is 3.90. The highest BCUT2D eigenvalue weighted by molar-refractivity contribution is 6.06. The second-order valence-corrected chi connectivity index (χ2v) is 8.68. The molecule has 0 aliphatic heterocycles. The van der Waals surface area contributed by atoms with Gasteiger partial charge in [-0.25, -0.2) is 4.68 Å². The topological polar surface area (TPSA) is 98.2 Å². The van der Waals surface area contributed by atoms with Crippen molar-refractivity contribution in [3.05, 3.63) is 93.9 Å². The van der Waals surface area contributed by atoms with E-state index >= 15 is 0 Å². The Morgan fingerprint density at radius 2 is 1.72 bits per heavy atom. The molecule has 0 aliphatic carbocycles. The molecule has 1 atom stereocenters. The second kappa shape index (κ2) is 9.22. The number of aromatic nitrogens is 3. The predicted octanol–water partition coefficient (Wildman–Crippen LogP) is 4.68. The Kier molecular flexibility index (Phi) is 5.93. The maximum Gasteiger partial charge on any atom is 0.280 e. The molecule has 5 rings (SSSR count). The number of rotatable bonds is 6. The number of benzene rings is 3. The van der Waals surface area contributed by atoms with E-state index in [1.807, 2.05) is 56.3 Å². The monoisotopic (exact) mass is 482 g/mol. The lowest BCUT2D eigenvalue weighted by Gasteiger charge is -2.17. The summed E-state index contributed by atoms with van der Waals surface area (Å²) < 4.78 is 12.2. The fourth-order valence-corrected chi connectivity index (χ4v) is 4.26. The first-order chi connectivity index (χ1) is 17.4. The number of hydrogen-bond acceptors (Lipinski definition) is 5. The molecule has 0 spiro atoms. The van der Waals surface area contributed by atoms with Crippen molar-refractivity contribution in [2.75, 3.05) is 14.2 Å². The SMILES string of the molecule is COc1ccc([C@@H](C)NC(=O)c2ccc3ncc4c(=O)n(-c5ccc(C)cc5)[nH]c4c3c2)cc1OC. The molecule has 3 aromatic carbocycles. The number of carbonyl (C=O) groups excluding carboxylic acids is 1. The van der Waals surface area contributed by atoms with E-state index in [1.54, 1.807) is 38.6 Å². The lowest BCUT2D eigenvalue weighted by atomic mass is 10.1. The number of nitrogens with zero attached hydrogens (tertiary/aromatic N) is 2. The first kappa shape index (κ1) is 23.2. The second-order valence-electron chi connectivity index (χ2n) is 8.68. The first-order valence-electron chi connectivity index (χ1n) is 11.5. The Morgan fingerprint density at radius 1 is 0.972 bits per heavy atom. The van der Waals surface area contributed by atoms with Gasteiger partial charge < -0.3 is 14.8 Å². The quantitative estimate of drug-likeness (QED) is 0.366. The van der Waals surface area contributed by atoms with E-state index in [-0.39, 0.29) is 17.5 Å². The van der Waals surface area contributed by atoms with Crippen molar-refractivity contribution in [3.8, 4) is 17.2 Å². The van der Waals surface area contributed by atoms with Gasteiger partial charge in [-0.05, 0) is 61.9 Å². The summed E-state index contributed by atoms with van der Waals surface area (Å²) in [6, 6.07) is 18.2. The fraction of sp³-hybridized carbons (Fsp3) is 0.179. The number of carbonyl (C=O) groups is 1. The number of aromatic amines is 1. The molecule has 2 aromatic heterocycles. The lowest BCUT2D eigenvalue weighted by molar-refractivity contribution is 0.0940. The van der Waals surface area contributed by atoms with Gasteiger partial charge in [0.2, 0.25) is 0 Å². The van der Waals surface area contributed by atoms with Gasteiger partial charge in [-0.2, -0.15) is 0 Å². The zero-order chi connectivity index (χ0) is 25.4. The van der Waals surface area contributed by atoms with Crippen LogP contribution in [0, 0.1) is 6.92 Å². The van der Waals surface area contributed by atoms with Crippen LogP contribution in [-0.2, 0) is 0 Å². The van der Waals surface area contributed by atoms with Crippen LogP contribution >= 0.6 is 0 Å². The minimum absolute atomic E-state index is 0.194. The maximum absolute atomic E-state index is 13.1. The molecule has 8 nitrogen and oxygen atoms in total. The summed E-state index contributed by atoms with van der Waals surface area (Å²) in [4.78, 5) is 30.7. The smallest absolute Gasteiger partial charge is 0.280 e. The van der Waals surface area contributed by atoms with Crippen molar-refractivity contribution in [1.29, 1.82) is 0 Å². The normalized spacial score (nSPS) is 12.0. The van der Waals surface area contributed by atoms with E-state index in [9.17, 15) is 9.59 Å². The number of methoxy groups -OCH3 is 2. The summed E-state index contributed by atoms with van der Waals surface area (Å²) in [6.07, 6.45) is 1.57. The van der Waals surface area contributed by atoms with Gasteiger partial charge in [0.1, 0.15) is 0 Å². The van der Waals surface area contributed by atoms with Crippen molar-refractivity contribution >= 4 is 27.7 Å². The van der Waals surface area contributed by atoms with Crippen LogP contribution in [0.4, 0.5) is 0 Å². The molecule has 2 N–H and O–H groups in total. The van der Waals surface area contributed by atoms with Crippen molar-refractivity contribution in [2.45, 2.75) is 19.9 Å². The first-order valence-corrected chi connectivity index (χ1v) is 11.5. The molecule has 8 heteroatoms. The Balaban J connectivity index is 1.49. The molecule has 182 valence electrons. The Bertz CT molecular complexity index is 1650. The van der Waals surface area contributed by atoms with Gasteiger partial charge >= 0.3 is 0 Å². The number of H-pyrrole nitrogens is 1. The maximum atomic E-state index is 13.1. The molecule has 0 bridgehead atoms. The third kappa shape index (κ3) is 4.07. The van der Waals surface area contributed by atoms with E-state index in [2.05, 4.69) is 15.4 Å². The van der Waals surface area contributed by atoms with Crippen molar-refractivity contribution < 1.29 is 14.3 Å². The number of nitrogens with one attached hydrogen (secondary N) is 2. The van der Waals surface area contributed by atoms with Gasteiger partial charge in [0.05, 0.1) is 42.4 Å². The van der Waals surface area contributed by atoms with Crippen LogP contribution in [0.3, 0.4) is 0 Å². The van der Waals surface area contributed by atoms with Gasteiger partial charge in [0.25, 0.3) is 11.5 Å². The van der Waals surface area contributed by atoms with Gasteiger partial charge in [-0.1, -0.05) is 23.8 Å². The average molecular weight is 483 g/mol. The summed E-state index contributed by atoms with van der Waals surface area (Å²) in [7, 11) is 3.15. The molecule has 0 fully saturated rings. The van der Waals surface area contributed by atoms with E-state index in [4.69, 9.17) is 9.47 Å². The predicted molar refractivity (Wildman–Crippen MR) is 139 cm³/mol. The molecule has 36 heavy (non-hydrogen) atoms. The Labute approximate surface area is 207 Å². The molecule has 2 heterocycles. The standard InChI is InChI=1S/C28H26N4O4/c1-16-5-9-20(10-6-16)32-28(34)22-15-29-23-11-7-19(13-21(23)26(22)31-32)27(33)30-17(2)18-8-12-24(35-3)25(14-18)36-4/h5-15,17,31H,1-4H3,(H,30,33)/t17-/m1/s1.